The number of methoxy groups -OCH3 is 3. The van der Waals surface area contributed by atoms with Crippen LogP contribution in [0.1, 0.15) is 16.7 Å². The fourth-order valence-corrected chi connectivity index (χ4v) is 3.71. The van der Waals surface area contributed by atoms with E-state index < -0.39 is 0 Å². The van der Waals surface area contributed by atoms with Gasteiger partial charge in [0.15, 0.2) is 5.96 Å². The molecule has 1 fully saturated rings. The van der Waals surface area contributed by atoms with Crippen molar-refractivity contribution < 1.29 is 18.9 Å². The van der Waals surface area contributed by atoms with Crippen LogP contribution < -0.4 is 24.8 Å². The molecule has 0 saturated carbocycles. The largest absolute Gasteiger partial charge is 0.496 e. The van der Waals surface area contributed by atoms with Crippen molar-refractivity contribution in [3.63, 3.8) is 0 Å². The minimum absolute atomic E-state index is 0. The third-order valence-electron chi connectivity index (χ3n) is 5.54. The number of nitrogens with one attached hydrogen (secondary N) is 2. The highest BCUT2D eigenvalue weighted by Gasteiger charge is 2.15. The molecule has 0 radical (unpaired) electrons. The van der Waals surface area contributed by atoms with Crippen LogP contribution in [0.3, 0.4) is 0 Å². The Morgan fingerprint density at radius 2 is 1.55 bits per heavy atom. The number of hydrogen-bond donors (Lipinski definition) is 2. The van der Waals surface area contributed by atoms with Gasteiger partial charge in [0.2, 0.25) is 0 Å². The highest BCUT2D eigenvalue weighted by atomic mass is 127. The second kappa shape index (κ2) is 14.1. The molecule has 1 heterocycles. The number of aliphatic imine (C=N–C) groups is 1. The lowest BCUT2D eigenvalue weighted by molar-refractivity contribution is 0.0341. The summed E-state index contributed by atoms with van der Waals surface area (Å²) in [5.41, 5.74) is 3.46. The Balaban J connectivity index is 0.00000385. The van der Waals surface area contributed by atoms with Crippen molar-refractivity contribution in [2.24, 2.45) is 4.99 Å². The molecule has 0 unspecified atom stereocenters. The fraction of sp³-hybridized carbons (Fsp3) is 0.458. The van der Waals surface area contributed by atoms with E-state index in [1.54, 1.807) is 28.4 Å². The minimum atomic E-state index is 0. The second-order valence-electron chi connectivity index (χ2n) is 7.45. The molecule has 33 heavy (non-hydrogen) atoms. The van der Waals surface area contributed by atoms with Gasteiger partial charge in [0, 0.05) is 45.4 Å². The number of benzene rings is 2. The molecule has 1 aliphatic heterocycles. The third-order valence-corrected chi connectivity index (χ3v) is 5.54. The Hall–Kier alpha value is -2.24. The van der Waals surface area contributed by atoms with Crippen molar-refractivity contribution in [3.05, 3.63) is 53.1 Å². The van der Waals surface area contributed by atoms with Gasteiger partial charge in [-0.1, -0.05) is 24.3 Å². The van der Waals surface area contributed by atoms with Gasteiger partial charge in [-0.25, -0.2) is 0 Å². The molecule has 1 saturated heterocycles. The lowest BCUT2D eigenvalue weighted by Crippen LogP contribution is -2.37. The SMILES string of the molecule is CN=C(NCc1ccccc1CN1CCOCC1)NCc1c(OC)cc(OC)cc1OC.I. The van der Waals surface area contributed by atoms with Crippen LogP contribution in [0.2, 0.25) is 0 Å². The van der Waals surface area contributed by atoms with Crippen molar-refractivity contribution in [2.75, 3.05) is 54.7 Å². The first-order chi connectivity index (χ1) is 15.7. The molecule has 0 aliphatic carbocycles. The number of hydrogen-bond acceptors (Lipinski definition) is 6. The molecule has 0 aromatic heterocycles. The van der Waals surface area contributed by atoms with Crippen LogP contribution in [0, 0.1) is 0 Å². The Labute approximate surface area is 213 Å². The van der Waals surface area contributed by atoms with E-state index >= 15 is 0 Å². The average Bonchev–Trinajstić information content (AvgIpc) is 2.85. The van der Waals surface area contributed by atoms with E-state index in [-0.39, 0.29) is 24.0 Å². The number of ether oxygens (including phenoxy) is 4. The van der Waals surface area contributed by atoms with Gasteiger partial charge in [-0.2, -0.15) is 0 Å². The summed E-state index contributed by atoms with van der Waals surface area (Å²) in [6.45, 7) is 5.63. The fourth-order valence-electron chi connectivity index (χ4n) is 3.71. The van der Waals surface area contributed by atoms with E-state index in [2.05, 4.69) is 44.8 Å². The van der Waals surface area contributed by atoms with Gasteiger partial charge in [0.1, 0.15) is 17.2 Å². The van der Waals surface area contributed by atoms with Gasteiger partial charge in [-0.15, -0.1) is 24.0 Å². The maximum Gasteiger partial charge on any atom is 0.191 e. The maximum absolute atomic E-state index is 5.54. The van der Waals surface area contributed by atoms with Crippen molar-refractivity contribution in [1.82, 2.24) is 15.5 Å². The van der Waals surface area contributed by atoms with E-state index in [1.807, 2.05) is 12.1 Å². The number of guanidine groups is 1. The lowest BCUT2D eigenvalue weighted by Gasteiger charge is -2.27. The third kappa shape index (κ3) is 7.65. The van der Waals surface area contributed by atoms with E-state index in [0.29, 0.717) is 36.3 Å². The number of morpholine rings is 1. The first kappa shape index (κ1) is 27.0. The molecule has 2 N–H and O–H groups in total. The van der Waals surface area contributed by atoms with Crippen molar-refractivity contribution in [2.45, 2.75) is 19.6 Å². The number of rotatable bonds is 9. The second-order valence-corrected chi connectivity index (χ2v) is 7.45. The topological polar surface area (TPSA) is 76.6 Å². The van der Waals surface area contributed by atoms with Crippen molar-refractivity contribution in [1.29, 1.82) is 0 Å². The van der Waals surface area contributed by atoms with E-state index in [1.165, 1.54) is 11.1 Å². The molecule has 2 aromatic rings. The van der Waals surface area contributed by atoms with Crippen molar-refractivity contribution >= 4 is 29.9 Å². The molecule has 2 aromatic carbocycles. The van der Waals surface area contributed by atoms with E-state index in [9.17, 15) is 0 Å². The first-order valence-electron chi connectivity index (χ1n) is 10.8. The smallest absolute Gasteiger partial charge is 0.191 e. The highest BCUT2D eigenvalue weighted by Crippen LogP contribution is 2.33. The predicted octanol–water partition coefficient (Wildman–Crippen LogP) is 3.03. The Kier molecular flexibility index (Phi) is 11.6. The monoisotopic (exact) mass is 570 g/mol. The zero-order valence-corrected chi connectivity index (χ0v) is 22.2. The average molecular weight is 570 g/mol. The molecule has 0 amide bonds. The molecule has 3 rings (SSSR count). The molecule has 0 bridgehead atoms. The van der Waals surface area contributed by atoms with Gasteiger partial charge in [0.25, 0.3) is 0 Å². The summed E-state index contributed by atoms with van der Waals surface area (Å²) in [6, 6.07) is 12.2. The molecule has 0 atom stereocenters. The van der Waals surface area contributed by atoms with Gasteiger partial charge in [-0.3, -0.25) is 9.89 Å². The number of halogens is 1. The summed E-state index contributed by atoms with van der Waals surface area (Å²) >= 11 is 0. The molecule has 9 heteroatoms. The number of nitrogens with zero attached hydrogens (tertiary/aromatic N) is 2. The summed E-state index contributed by atoms with van der Waals surface area (Å²) in [5.74, 6) is 2.77. The van der Waals surface area contributed by atoms with Crippen molar-refractivity contribution in [3.8, 4) is 17.2 Å². The quantitative estimate of drug-likeness (QED) is 0.273. The summed E-state index contributed by atoms with van der Waals surface area (Å²) in [4.78, 5) is 6.80. The van der Waals surface area contributed by atoms with Crippen LogP contribution in [0.15, 0.2) is 41.4 Å². The van der Waals surface area contributed by atoms with E-state index in [4.69, 9.17) is 18.9 Å². The van der Waals surface area contributed by atoms with Crippen LogP contribution in [0.25, 0.3) is 0 Å². The zero-order chi connectivity index (χ0) is 22.8. The minimum Gasteiger partial charge on any atom is -0.496 e. The van der Waals surface area contributed by atoms with Crippen LogP contribution in [-0.4, -0.2) is 65.5 Å². The van der Waals surface area contributed by atoms with Crippen LogP contribution in [-0.2, 0) is 24.4 Å². The highest BCUT2D eigenvalue weighted by molar-refractivity contribution is 14.0. The first-order valence-corrected chi connectivity index (χ1v) is 10.8. The van der Waals surface area contributed by atoms with Gasteiger partial charge < -0.3 is 29.6 Å². The summed E-state index contributed by atoms with van der Waals surface area (Å²) in [5, 5.41) is 6.78. The van der Waals surface area contributed by atoms with Crippen LogP contribution >= 0.6 is 24.0 Å². The summed E-state index contributed by atoms with van der Waals surface area (Å²) in [7, 11) is 6.65. The standard InChI is InChI=1S/C24H34N4O4.HI/c1-25-24(27-16-21-22(30-3)13-20(29-2)14-23(21)31-4)26-15-18-7-5-6-8-19(18)17-28-9-11-32-12-10-28;/h5-8,13-14H,9-12,15-17H2,1-4H3,(H2,25,26,27);1H. The molecule has 1 aliphatic rings. The Morgan fingerprint density at radius 1 is 0.939 bits per heavy atom. The molecular formula is C24H35IN4O4. The van der Waals surface area contributed by atoms with Gasteiger partial charge >= 0.3 is 0 Å². The molecule has 182 valence electrons. The normalized spacial score (nSPS) is 14.2. The zero-order valence-electron chi connectivity index (χ0n) is 19.8. The molecule has 8 nitrogen and oxygen atoms in total. The van der Waals surface area contributed by atoms with Crippen LogP contribution in [0.4, 0.5) is 0 Å². The molecular weight excluding hydrogens is 535 g/mol. The Morgan fingerprint density at radius 3 is 2.12 bits per heavy atom. The van der Waals surface area contributed by atoms with Gasteiger partial charge in [-0.05, 0) is 11.1 Å². The van der Waals surface area contributed by atoms with Crippen LogP contribution in [0.5, 0.6) is 17.2 Å². The summed E-state index contributed by atoms with van der Waals surface area (Å²) in [6.07, 6.45) is 0. The maximum atomic E-state index is 5.54. The predicted molar refractivity (Wildman–Crippen MR) is 141 cm³/mol. The van der Waals surface area contributed by atoms with E-state index in [0.717, 1.165) is 38.4 Å². The Bertz CT molecular complexity index is 879. The molecule has 0 spiro atoms. The lowest BCUT2D eigenvalue weighted by atomic mass is 10.1. The summed E-state index contributed by atoms with van der Waals surface area (Å²) < 4.78 is 21.9. The van der Waals surface area contributed by atoms with Gasteiger partial charge in [0.05, 0.1) is 46.7 Å².